The zero-order valence-electron chi connectivity index (χ0n) is 24.4. The van der Waals surface area contributed by atoms with Gasteiger partial charge in [0.15, 0.2) is 0 Å². The van der Waals surface area contributed by atoms with E-state index in [2.05, 4.69) is 38.6 Å². The van der Waals surface area contributed by atoms with Crippen molar-refractivity contribution < 1.29 is 14.6 Å². The molecule has 3 heteroatoms. The first-order valence-corrected chi connectivity index (χ1v) is 16.1. The molecule has 1 aromatic carbocycles. The van der Waals surface area contributed by atoms with Crippen LogP contribution in [0.25, 0.3) is 0 Å². The van der Waals surface area contributed by atoms with Crippen molar-refractivity contribution in [1.82, 2.24) is 0 Å². The summed E-state index contributed by atoms with van der Waals surface area (Å²) in [6.45, 7) is 7.93. The minimum atomic E-state index is -0.427. The summed E-state index contributed by atoms with van der Waals surface area (Å²) in [7, 11) is 0. The van der Waals surface area contributed by atoms with Gasteiger partial charge in [0.05, 0.1) is 12.2 Å². The number of aliphatic hydroxyl groups is 1. The molecule has 0 saturated heterocycles. The van der Waals surface area contributed by atoms with Crippen LogP contribution in [-0.2, 0) is 16.0 Å². The number of hydrogen-bond donors (Lipinski definition) is 1. The number of carbonyl (C=O) groups is 1. The van der Waals surface area contributed by atoms with Crippen molar-refractivity contribution in [1.29, 1.82) is 0 Å². The Morgan fingerprint density at radius 2 is 1.50 bits per heavy atom. The quantitative estimate of drug-likeness (QED) is 0.179. The number of benzene rings is 1. The third-order valence-electron chi connectivity index (χ3n) is 10.4. The Labute approximate surface area is 232 Å². The predicted octanol–water partition coefficient (Wildman–Crippen LogP) is 9.03. The number of esters is 1. The van der Waals surface area contributed by atoms with Gasteiger partial charge in [0.25, 0.3) is 0 Å². The Morgan fingerprint density at radius 3 is 2.11 bits per heavy atom. The van der Waals surface area contributed by atoms with Crippen molar-refractivity contribution in [3.8, 4) is 0 Å². The Morgan fingerprint density at radius 1 is 0.868 bits per heavy atom. The van der Waals surface area contributed by atoms with E-state index < -0.39 is 5.97 Å². The maximum atomic E-state index is 11.9. The molecule has 3 nitrogen and oxygen atoms in total. The molecule has 0 unspecified atom stereocenters. The highest BCUT2D eigenvalue weighted by Gasteiger charge is 2.33. The van der Waals surface area contributed by atoms with E-state index in [-0.39, 0.29) is 18.3 Å². The van der Waals surface area contributed by atoms with E-state index in [0.29, 0.717) is 0 Å². The number of ether oxygens (including phenoxy) is 1. The molecule has 4 rings (SSSR count). The highest BCUT2D eigenvalue weighted by Crippen LogP contribution is 2.45. The number of aryl methyl sites for hydroxylation is 1. The lowest BCUT2D eigenvalue weighted by Crippen LogP contribution is -2.30. The van der Waals surface area contributed by atoms with Crippen molar-refractivity contribution in [3.63, 3.8) is 0 Å². The number of carbonyl (C=O) groups excluding carboxylic acids is 1. The summed E-state index contributed by atoms with van der Waals surface area (Å²) >= 11 is 0. The molecular formula is C35H54O3. The third-order valence-corrected chi connectivity index (χ3v) is 10.4. The molecule has 0 aromatic heterocycles. The summed E-state index contributed by atoms with van der Waals surface area (Å²) in [6, 6.07) is 7.61. The summed E-state index contributed by atoms with van der Waals surface area (Å²) in [5, 5.41) is 9.10. The second-order valence-electron chi connectivity index (χ2n) is 12.8. The fraction of sp³-hybridized carbons (Fsp3) is 0.743. The van der Waals surface area contributed by atoms with E-state index in [9.17, 15) is 4.79 Å². The maximum absolute atomic E-state index is 11.9. The molecule has 1 aromatic rings. The summed E-state index contributed by atoms with van der Waals surface area (Å²) in [5.74, 6) is 3.66. The van der Waals surface area contributed by atoms with Crippen molar-refractivity contribution in [2.24, 2.45) is 17.8 Å². The van der Waals surface area contributed by atoms with E-state index in [1.54, 1.807) is 16.7 Å². The van der Waals surface area contributed by atoms with E-state index >= 15 is 0 Å². The summed E-state index contributed by atoms with van der Waals surface area (Å²) in [6.07, 6.45) is 22.0. The first-order valence-electron chi connectivity index (χ1n) is 16.1. The first-order chi connectivity index (χ1) is 18.5. The third kappa shape index (κ3) is 7.74. The second kappa shape index (κ2) is 14.7. The van der Waals surface area contributed by atoms with Gasteiger partial charge in [-0.25, -0.2) is 4.79 Å². The van der Waals surface area contributed by atoms with Crippen LogP contribution in [0.3, 0.4) is 0 Å². The van der Waals surface area contributed by atoms with Gasteiger partial charge in [-0.1, -0.05) is 64.3 Å². The van der Waals surface area contributed by atoms with Gasteiger partial charge in [0.2, 0.25) is 0 Å². The molecule has 1 N–H and O–H groups in total. The van der Waals surface area contributed by atoms with Gasteiger partial charge in [-0.2, -0.15) is 0 Å². The molecule has 3 aliphatic carbocycles. The van der Waals surface area contributed by atoms with Crippen LogP contribution in [0.1, 0.15) is 145 Å². The Balaban J connectivity index is 1.24. The monoisotopic (exact) mass is 522 g/mol. The van der Waals surface area contributed by atoms with Crippen LogP contribution in [0.4, 0.5) is 0 Å². The molecule has 3 aliphatic rings. The molecule has 0 atom stereocenters. The highest BCUT2D eigenvalue weighted by molar-refractivity contribution is 5.88. The lowest BCUT2D eigenvalue weighted by molar-refractivity contribution is -0.146. The van der Waals surface area contributed by atoms with E-state index in [1.807, 2.05) is 0 Å². The predicted molar refractivity (Wildman–Crippen MR) is 157 cm³/mol. The Kier molecular flexibility index (Phi) is 11.4. The van der Waals surface area contributed by atoms with E-state index in [0.717, 1.165) is 61.7 Å². The SMILES string of the molecule is C=C(CO)C(=O)OC1CCC(C2CCC(c3ccc(C4CCC(CCCCC)CC4)cc3CC)CC2)CC1. The van der Waals surface area contributed by atoms with Crippen molar-refractivity contribution >= 4 is 5.97 Å². The van der Waals surface area contributed by atoms with Crippen LogP contribution in [0.2, 0.25) is 0 Å². The molecule has 0 bridgehead atoms. The molecule has 3 fully saturated rings. The molecule has 3 saturated carbocycles. The second-order valence-corrected chi connectivity index (χ2v) is 12.8. The number of hydrogen-bond acceptors (Lipinski definition) is 3. The zero-order chi connectivity index (χ0) is 26.9. The van der Waals surface area contributed by atoms with Gasteiger partial charge >= 0.3 is 5.97 Å². The van der Waals surface area contributed by atoms with Crippen LogP contribution < -0.4 is 0 Å². The Bertz CT molecular complexity index is 880. The number of aliphatic hydroxyl groups excluding tert-OH is 1. The molecule has 0 amide bonds. The van der Waals surface area contributed by atoms with Gasteiger partial charge in [0.1, 0.15) is 6.10 Å². The molecule has 0 radical (unpaired) electrons. The molecule has 212 valence electrons. The summed E-state index contributed by atoms with van der Waals surface area (Å²) in [4.78, 5) is 11.9. The van der Waals surface area contributed by atoms with Gasteiger partial charge in [0, 0.05) is 0 Å². The highest BCUT2D eigenvalue weighted by atomic mass is 16.5. The smallest absolute Gasteiger partial charge is 0.336 e. The molecule has 0 aliphatic heterocycles. The van der Waals surface area contributed by atoms with Crippen LogP contribution in [0, 0.1) is 17.8 Å². The summed E-state index contributed by atoms with van der Waals surface area (Å²) < 4.78 is 5.56. The Hall–Kier alpha value is -1.61. The molecule has 0 heterocycles. The number of rotatable bonds is 11. The largest absolute Gasteiger partial charge is 0.459 e. The lowest BCUT2D eigenvalue weighted by atomic mass is 9.69. The van der Waals surface area contributed by atoms with Crippen LogP contribution in [0.5, 0.6) is 0 Å². The van der Waals surface area contributed by atoms with Gasteiger partial charge in [-0.3, -0.25) is 0 Å². The van der Waals surface area contributed by atoms with Gasteiger partial charge in [-0.05, 0) is 130 Å². The molecule has 0 spiro atoms. The zero-order valence-corrected chi connectivity index (χ0v) is 24.4. The first kappa shape index (κ1) is 29.4. The summed E-state index contributed by atoms with van der Waals surface area (Å²) in [5.41, 5.74) is 5.03. The normalized spacial score (nSPS) is 30.1. The van der Waals surface area contributed by atoms with Crippen molar-refractivity contribution in [3.05, 3.63) is 47.0 Å². The average molecular weight is 523 g/mol. The molecule has 38 heavy (non-hydrogen) atoms. The minimum absolute atomic E-state index is 0.000115. The van der Waals surface area contributed by atoms with E-state index in [4.69, 9.17) is 9.84 Å². The minimum Gasteiger partial charge on any atom is -0.459 e. The number of unbranched alkanes of at least 4 members (excludes halogenated alkanes) is 2. The fourth-order valence-corrected chi connectivity index (χ4v) is 7.93. The van der Waals surface area contributed by atoms with Crippen LogP contribution in [0.15, 0.2) is 30.4 Å². The van der Waals surface area contributed by atoms with Crippen LogP contribution >= 0.6 is 0 Å². The van der Waals surface area contributed by atoms with Gasteiger partial charge < -0.3 is 9.84 Å². The maximum Gasteiger partial charge on any atom is 0.336 e. The van der Waals surface area contributed by atoms with Crippen molar-refractivity contribution in [2.45, 2.75) is 141 Å². The topological polar surface area (TPSA) is 46.5 Å². The fourth-order valence-electron chi connectivity index (χ4n) is 7.93. The van der Waals surface area contributed by atoms with Crippen LogP contribution in [-0.4, -0.2) is 23.8 Å². The average Bonchev–Trinajstić information content (AvgIpc) is 2.97. The lowest BCUT2D eigenvalue weighted by Gasteiger charge is -2.38. The van der Waals surface area contributed by atoms with E-state index in [1.165, 1.54) is 77.0 Å². The van der Waals surface area contributed by atoms with Gasteiger partial charge in [-0.15, -0.1) is 0 Å². The molecular weight excluding hydrogens is 468 g/mol. The standard InChI is InChI=1S/C35H54O3/c1-4-6-7-8-26-9-11-30(12-10-26)32-19-22-34(27(5-2)23-32)31-15-13-28(14-16-31)29-17-20-33(21-18-29)38-35(37)25(3)24-36/h19,22-23,26,28-31,33,36H,3-18,20-21,24H2,1-2H3. The van der Waals surface area contributed by atoms with Crippen molar-refractivity contribution in [2.75, 3.05) is 6.61 Å².